The minimum atomic E-state index is -0.205. The molecule has 1 aromatic rings. The summed E-state index contributed by atoms with van der Waals surface area (Å²) in [5.74, 6) is 0.810. The molecule has 0 aliphatic heterocycles. The molecule has 0 aromatic heterocycles. The van der Waals surface area contributed by atoms with Crippen LogP contribution in [-0.2, 0) is 11.2 Å². The lowest BCUT2D eigenvalue weighted by atomic mass is 10.0. The predicted octanol–water partition coefficient (Wildman–Crippen LogP) is 2.77. The molecule has 1 rings (SSSR count). The minimum Gasteiger partial charge on any atom is -0.496 e. The summed E-state index contributed by atoms with van der Waals surface area (Å²) in [6.07, 6.45) is 0.354. The summed E-state index contributed by atoms with van der Waals surface area (Å²) in [5.41, 5.74) is 2.99. The smallest absolute Gasteiger partial charge is 0.224 e. The first kappa shape index (κ1) is 14.6. The van der Waals surface area contributed by atoms with E-state index in [9.17, 15) is 4.79 Å². The summed E-state index contributed by atoms with van der Waals surface area (Å²) in [6, 6.07) is 4.04. The van der Waals surface area contributed by atoms with Crippen LogP contribution in [0.5, 0.6) is 5.75 Å². The number of benzene rings is 1. The zero-order chi connectivity index (χ0) is 13.9. The quantitative estimate of drug-likeness (QED) is 0.894. The van der Waals surface area contributed by atoms with Crippen molar-refractivity contribution < 1.29 is 9.53 Å². The van der Waals surface area contributed by atoms with E-state index in [1.807, 2.05) is 40.7 Å². The largest absolute Gasteiger partial charge is 0.496 e. The van der Waals surface area contributed by atoms with Crippen molar-refractivity contribution in [2.45, 2.75) is 46.6 Å². The SMILES string of the molecule is COc1cc(C)cc(C)c1CC(=O)NC(C)(C)C. The number of rotatable bonds is 3. The van der Waals surface area contributed by atoms with E-state index in [4.69, 9.17) is 4.74 Å². The number of methoxy groups -OCH3 is 1. The Labute approximate surface area is 110 Å². The molecule has 0 spiro atoms. The topological polar surface area (TPSA) is 38.3 Å². The average Bonchev–Trinajstić information content (AvgIpc) is 2.18. The van der Waals surface area contributed by atoms with Gasteiger partial charge in [-0.25, -0.2) is 0 Å². The Morgan fingerprint density at radius 3 is 2.39 bits per heavy atom. The van der Waals surface area contributed by atoms with Gasteiger partial charge in [0, 0.05) is 11.1 Å². The Balaban J connectivity index is 2.94. The van der Waals surface area contributed by atoms with Gasteiger partial charge in [-0.3, -0.25) is 4.79 Å². The van der Waals surface area contributed by atoms with Crippen molar-refractivity contribution in [1.29, 1.82) is 0 Å². The molecule has 18 heavy (non-hydrogen) atoms. The van der Waals surface area contributed by atoms with Gasteiger partial charge in [-0.15, -0.1) is 0 Å². The molecule has 3 heteroatoms. The van der Waals surface area contributed by atoms with Crippen LogP contribution in [0.3, 0.4) is 0 Å². The standard InChI is InChI=1S/C15H23NO2/c1-10-7-11(2)12(13(8-10)18-6)9-14(17)16-15(3,4)5/h7-8H,9H2,1-6H3,(H,16,17). The molecule has 1 aromatic carbocycles. The monoisotopic (exact) mass is 249 g/mol. The molecule has 3 nitrogen and oxygen atoms in total. The van der Waals surface area contributed by atoms with Gasteiger partial charge in [0.05, 0.1) is 13.5 Å². The molecule has 100 valence electrons. The van der Waals surface area contributed by atoms with Crippen LogP contribution in [0.15, 0.2) is 12.1 Å². The fraction of sp³-hybridized carbons (Fsp3) is 0.533. The van der Waals surface area contributed by atoms with E-state index in [-0.39, 0.29) is 11.4 Å². The van der Waals surface area contributed by atoms with Crippen molar-refractivity contribution in [2.75, 3.05) is 7.11 Å². The van der Waals surface area contributed by atoms with Crippen molar-refractivity contribution in [2.24, 2.45) is 0 Å². The highest BCUT2D eigenvalue weighted by atomic mass is 16.5. The molecule has 0 heterocycles. The predicted molar refractivity (Wildman–Crippen MR) is 74.1 cm³/mol. The lowest BCUT2D eigenvalue weighted by Crippen LogP contribution is -2.41. The van der Waals surface area contributed by atoms with E-state index in [0.29, 0.717) is 6.42 Å². The summed E-state index contributed by atoms with van der Waals surface area (Å²) in [6.45, 7) is 9.96. The van der Waals surface area contributed by atoms with Gasteiger partial charge in [0.2, 0.25) is 5.91 Å². The number of hydrogen-bond donors (Lipinski definition) is 1. The fourth-order valence-electron chi connectivity index (χ4n) is 1.99. The highest BCUT2D eigenvalue weighted by Crippen LogP contribution is 2.24. The van der Waals surface area contributed by atoms with Gasteiger partial charge < -0.3 is 10.1 Å². The molecular weight excluding hydrogens is 226 g/mol. The molecule has 0 radical (unpaired) electrons. The lowest BCUT2D eigenvalue weighted by molar-refractivity contribution is -0.121. The third kappa shape index (κ3) is 4.06. The van der Waals surface area contributed by atoms with E-state index in [2.05, 4.69) is 11.4 Å². The lowest BCUT2D eigenvalue weighted by Gasteiger charge is -2.21. The first-order valence-corrected chi connectivity index (χ1v) is 6.18. The number of carbonyl (C=O) groups excluding carboxylic acids is 1. The van der Waals surface area contributed by atoms with Crippen LogP contribution in [0.25, 0.3) is 0 Å². The maximum absolute atomic E-state index is 12.0. The summed E-state index contributed by atoms with van der Waals surface area (Å²) in [4.78, 5) is 12.0. The molecule has 0 saturated heterocycles. The van der Waals surface area contributed by atoms with Gasteiger partial charge in [-0.2, -0.15) is 0 Å². The Morgan fingerprint density at radius 2 is 1.89 bits per heavy atom. The first-order chi connectivity index (χ1) is 8.23. The second-order valence-electron chi connectivity index (χ2n) is 5.74. The maximum Gasteiger partial charge on any atom is 0.224 e. The number of carbonyl (C=O) groups is 1. The van der Waals surface area contributed by atoms with Gasteiger partial charge in [0.15, 0.2) is 0 Å². The Hall–Kier alpha value is -1.51. The van der Waals surface area contributed by atoms with E-state index < -0.39 is 0 Å². The van der Waals surface area contributed by atoms with Crippen molar-refractivity contribution >= 4 is 5.91 Å². The van der Waals surface area contributed by atoms with Crippen LogP contribution >= 0.6 is 0 Å². The molecule has 1 amide bonds. The van der Waals surface area contributed by atoms with E-state index >= 15 is 0 Å². The Morgan fingerprint density at radius 1 is 1.28 bits per heavy atom. The normalized spacial score (nSPS) is 11.2. The fourth-order valence-corrected chi connectivity index (χ4v) is 1.99. The van der Waals surface area contributed by atoms with Crippen LogP contribution in [-0.4, -0.2) is 18.6 Å². The van der Waals surface area contributed by atoms with Gasteiger partial charge in [-0.1, -0.05) is 6.07 Å². The maximum atomic E-state index is 12.0. The molecule has 0 aliphatic carbocycles. The van der Waals surface area contributed by atoms with Gasteiger partial charge in [0.1, 0.15) is 5.75 Å². The van der Waals surface area contributed by atoms with Crippen LogP contribution in [0.4, 0.5) is 0 Å². The number of nitrogens with one attached hydrogen (secondary N) is 1. The molecule has 0 unspecified atom stereocenters. The molecular formula is C15H23NO2. The van der Waals surface area contributed by atoms with Crippen LogP contribution in [0.1, 0.15) is 37.5 Å². The van der Waals surface area contributed by atoms with E-state index in [1.54, 1.807) is 7.11 Å². The Kier molecular flexibility index (Phi) is 4.38. The molecule has 0 saturated carbocycles. The van der Waals surface area contributed by atoms with Crippen molar-refractivity contribution in [3.63, 3.8) is 0 Å². The number of amides is 1. The van der Waals surface area contributed by atoms with Gasteiger partial charge in [0.25, 0.3) is 0 Å². The van der Waals surface area contributed by atoms with Crippen molar-refractivity contribution in [3.8, 4) is 5.75 Å². The summed E-state index contributed by atoms with van der Waals surface area (Å²) >= 11 is 0. The van der Waals surface area contributed by atoms with Crippen LogP contribution < -0.4 is 10.1 Å². The molecule has 0 fully saturated rings. The zero-order valence-corrected chi connectivity index (χ0v) is 12.2. The van der Waals surface area contributed by atoms with Gasteiger partial charge >= 0.3 is 0 Å². The third-order valence-corrected chi connectivity index (χ3v) is 2.65. The first-order valence-electron chi connectivity index (χ1n) is 6.18. The highest BCUT2D eigenvalue weighted by Gasteiger charge is 2.17. The van der Waals surface area contributed by atoms with E-state index in [1.165, 1.54) is 0 Å². The summed E-state index contributed by atoms with van der Waals surface area (Å²) < 4.78 is 5.36. The summed E-state index contributed by atoms with van der Waals surface area (Å²) in [7, 11) is 1.64. The van der Waals surface area contributed by atoms with E-state index in [0.717, 1.165) is 22.4 Å². The van der Waals surface area contributed by atoms with Crippen molar-refractivity contribution in [3.05, 3.63) is 28.8 Å². The molecule has 1 N–H and O–H groups in total. The Bertz CT molecular complexity index is 445. The molecule has 0 atom stereocenters. The second kappa shape index (κ2) is 5.42. The van der Waals surface area contributed by atoms with Gasteiger partial charge in [-0.05, 0) is 51.8 Å². The van der Waals surface area contributed by atoms with Crippen LogP contribution in [0.2, 0.25) is 0 Å². The summed E-state index contributed by atoms with van der Waals surface area (Å²) in [5, 5.41) is 2.97. The number of ether oxygens (including phenoxy) is 1. The molecule has 0 bridgehead atoms. The highest BCUT2D eigenvalue weighted by molar-refractivity contribution is 5.80. The minimum absolute atomic E-state index is 0.0211. The van der Waals surface area contributed by atoms with Crippen LogP contribution in [0, 0.1) is 13.8 Å². The number of hydrogen-bond acceptors (Lipinski definition) is 2. The molecule has 0 aliphatic rings. The average molecular weight is 249 g/mol. The second-order valence-corrected chi connectivity index (χ2v) is 5.74. The number of aryl methyl sites for hydroxylation is 2. The van der Waals surface area contributed by atoms with Crippen molar-refractivity contribution in [1.82, 2.24) is 5.32 Å². The zero-order valence-electron chi connectivity index (χ0n) is 12.2. The third-order valence-electron chi connectivity index (χ3n) is 2.65.